The minimum absolute atomic E-state index is 0.0591. The van der Waals surface area contributed by atoms with Gasteiger partial charge in [0, 0.05) is 11.2 Å². The first kappa shape index (κ1) is 13.5. The third-order valence-corrected chi connectivity index (χ3v) is 3.71. The molecule has 0 aliphatic heterocycles. The number of hydrogen-bond donors (Lipinski definition) is 2. The molecule has 5 nitrogen and oxygen atoms in total. The first-order chi connectivity index (χ1) is 9.06. The standard InChI is InChI=1S/C13H14N2O3S/c14-12(16)6-15(7-13(17)18)5-9-8-19-11-4-2-1-3-10(9)11/h1-4,8H,5-7H2,(H2,14,16)(H,17,18). The molecule has 6 heteroatoms. The first-order valence-electron chi connectivity index (χ1n) is 5.74. The molecule has 0 saturated carbocycles. The van der Waals surface area contributed by atoms with Gasteiger partial charge in [0.05, 0.1) is 13.1 Å². The minimum Gasteiger partial charge on any atom is -0.480 e. The quantitative estimate of drug-likeness (QED) is 0.833. The topological polar surface area (TPSA) is 83.6 Å². The van der Waals surface area contributed by atoms with Crippen molar-refractivity contribution in [2.75, 3.05) is 13.1 Å². The predicted molar refractivity (Wildman–Crippen MR) is 73.9 cm³/mol. The maximum Gasteiger partial charge on any atom is 0.317 e. The van der Waals surface area contributed by atoms with E-state index in [4.69, 9.17) is 10.8 Å². The van der Waals surface area contributed by atoms with Gasteiger partial charge in [-0.05, 0) is 22.4 Å². The molecule has 0 aliphatic carbocycles. The number of hydrogen-bond acceptors (Lipinski definition) is 4. The molecule has 1 aromatic heterocycles. The van der Waals surface area contributed by atoms with Crippen LogP contribution < -0.4 is 5.73 Å². The van der Waals surface area contributed by atoms with Gasteiger partial charge in [-0.2, -0.15) is 0 Å². The van der Waals surface area contributed by atoms with E-state index in [0.29, 0.717) is 6.54 Å². The van der Waals surface area contributed by atoms with Crippen LogP contribution in [0.1, 0.15) is 5.56 Å². The zero-order valence-electron chi connectivity index (χ0n) is 10.2. The molecule has 100 valence electrons. The second-order valence-corrected chi connectivity index (χ2v) is 5.17. The Hall–Kier alpha value is -1.92. The van der Waals surface area contributed by atoms with Crippen LogP contribution in [0.5, 0.6) is 0 Å². The summed E-state index contributed by atoms with van der Waals surface area (Å²) >= 11 is 1.60. The molecule has 3 N–H and O–H groups in total. The minimum atomic E-state index is -0.971. The monoisotopic (exact) mass is 278 g/mol. The number of fused-ring (bicyclic) bond motifs is 1. The van der Waals surface area contributed by atoms with E-state index in [1.165, 1.54) is 4.90 Å². The van der Waals surface area contributed by atoms with Crippen LogP contribution in [-0.2, 0) is 16.1 Å². The van der Waals surface area contributed by atoms with Gasteiger partial charge >= 0.3 is 5.97 Å². The van der Waals surface area contributed by atoms with Crippen molar-refractivity contribution in [3.63, 3.8) is 0 Å². The molecule has 1 amide bonds. The molecule has 2 rings (SSSR count). The number of amides is 1. The van der Waals surface area contributed by atoms with Gasteiger partial charge in [-0.25, -0.2) is 0 Å². The molecular weight excluding hydrogens is 264 g/mol. The van der Waals surface area contributed by atoms with Crippen LogP contribution in [0.3, 0.4) is 0 Å². The highest BCUT2D eigenvalue weighted by Gasteiger charge is 2.14. The normalized spacial score (nSPS) is 11.0. The lowest BCUT2D eigenvalue weighted by atomic mass is 10.1. The fourth-order valence-electron chi connectivity index (χ4n) is 1.98. The van der Waals surface area contributed by atoms with E-state index >= 15 is 0 Å². The zero-order valence-corrected chi connectivity index (χ0v) is 11.0. The molecule has 0 atom stereocenters. The van der Waals surface area contributed by atoms with E-state index < -0.39 is 11.9 Å². The number of carboxylic acid groups (broad SMARTS) is 1. The summed E-state index contributed by atoms with van der Waals surface area (Å²) in [7, 11) is 0. The Kier molecular flexibility index (Phi) is 4.13. The average Bonchev–Trinajstić information content (AvgIpc) is 2.71. The molecule has 0 spiro atoms. The van der Waals surface area contributed by atoms with E-state index in [-0.39, 0.29) is 13.1 Å². The summed E-state index contributed by atoms with van der Waals surface area (Å²) in [6, 6.07) is 7.90. The number of carboxylic acids is 1. The van der Waals surface area contributed by atoms with Crippen molar-refractivity contribution in [2.45, 2.75) is 6.54 Å². The van der Waals surface area contributed by atoms with Crippen molar-refractivity contribution in [1.29, 1.82) is 0 Å². The molecule has 0 radical (unpaired) electrons. The fraction of sp³-hybridized carbons (Fsp3) is 0.231. The van der Waals surface area contributed by atoms with Crippen molar-refractivity contribution in [3.8, 4) is 0 Å². The fourth-order valence-corrected chi connectivity index (χ4v) is 2.93. The Morgan fingerprint density at radius 3 is 2.68 bits per heavy atom. The average molecular weight is 278 g/mol. The first-order valence-corrected chi connectivity index (χ1v) is 6.62. The lowest BCUT2D eigenvalue weighted by molar-refractivity contribution is -0.138. The molecule has 19 heavy (non-hydrogen) atoms. The SMILES string of the molecule is NC(=O)CN(CC(=O)O)Cc1csc2ccccc12. The van der Waals surface area contributed by atoms with Crippen molar-refractivity contribution >= 4 is 33.3 Å². The van der Waals surface area contributed by atoms with Gasteiger partial charge in [-0.15, -0.1) is 11.3 Å². The summed E-state index contributed by atoms with van der Waals surface area (Å²) in [5, 5.41) is 11.9. The lowest BCUT2D eigenvalue weighted by Gasteiger charge is -2.17. The molecule has 0 aliphatic rings. The number of thiophene rings is 1. The number of nitrogens with two attached hydrogens (primary N) is 1. The summed E-state index contributed by atoms with van der Waals surface area (Å²) in [6.45, 7) is 0.142. The highest BCUT2D eigenvalue weighted by Crippen LogP contribution is 2.26. The van der Waals surface area contributed by atoms with Gasteiger partial charge in [0.1, 0.15) is 0 Å². The largest absolute Gasteiger partial charge is 0.480 e. The van der Waals surface area contributed by atoms with Crippen molar-refractivity contribution in [1.82, 2.24) is 4.90 Å². The number of aliphatic carboxylic acids is 1. The van der Waals surface area contributed by atoms with Crippen LogP contribution in [0, 0.1) is 0 Å². The molecule has 1 heterocycles. The summed E-state index contributed by atoms with van der Waals surface area (Å²) in [6.07, 6.45) is 0. The Morgan fingerprint density at radius 2 is 2.00 bits per heavy atom. The van der Waals surface area contributed by atoms with E-state index in [1.54, 1.807) is 11.3 Å². The molecule has 0 saturated heterocycles. The van der Waals surface area contributed by atoms with Crippen LogP contribution in [-0.4, -0.2) is 35.0 Å². The highest BCUT2D eigenvalue weighted by atomic mass is 32.1. The number of primary amides is 1. The molecule has 0 unspecified atom stereocenters. The predicted octanol–water partition coefficient (Wildman–Crippen LogP) is 1.27. The van der Waals surface area contributed by atoms with Gasteiger partial charge in [0.15, 0.2) is 0 Å². The lowest BCUT2D eigenvalue weighted by Crippen LogP contribution is -2.36. The van der Waals surface area contributed by atoms with Crippen molar-refractivity contribution in [3.05, 3.63) is 35.2 Å². The van der Waals surface area contributed by atoms with E-state index in [1.807, 2.05) is 29.6 Å². The van der Waals surface area contributed by atoms with E-state index in [0.717, 1.165) is 15.6 Å². The van der Waals surface area contributed by atoms with E-state index in [2.05, 4.69) is 0 Å². The molecular formula is C13H14N2O3S. The second kappa shape index (κ2) is 5.81. The van der Waals surface area contributed by atoms with Gasteiger partial charge < -0.3 is 10.8 Å². The van der Waals surface area contributed by atoms with E-state index in [9.17, 15) is 9.59 Å². The highest BCUT2D eigenvalue weighted by molar-refractivity contribution is 7.17. The Labute approximate surface area is 114 Å². The molecule has 2 aromatic rings. The second-order valence-electron chi connectivity index (χ2n) is 4.26. The third-order valence-electron chi connectivity index (χ3n) is 2.69. The van der Waals surface area contributed by atoms with Crippen molar-refractivity contribution in [2.24, 2.45) is 5.73 Å². The summed E-state index contributed by atoms with van der Waals surface area (Å²) in [4.78, 5) is 23.3. The van der Waals surface area contributed by atoms with Crippen LogP contribution >= 0.6 is 11.3 Å². The van der Waals surface area contributed by atoms with Crippen LogP contribution in [0.25, 0.3) is 10.1 Å². The third kappa shape index (κ3) is 3.52. The Bertz CT molecular complexity index is 593. The maximum absolute atomic E-state index is 11.0. The number of carbonyl (C=O) groups is 2. The van der Waals surface area contributed by atoms with Crippen LogP contribution in [0.15, 0.2) is 29.6 Å². The van der Waals surface area contributed by atoms with Crippen LogP contribution in [0.4, 0.5) is 0 Å². The zero-order chi connectivity index (χ0) is 13.8. The number of rotatable bonds is 6. The van der Waals surface area contributed by atoms with Gasteiger partial charge in [-0.1, -0.05) is 18.2 Å². The summed E-state index contributed by atoms with van der Waals surface area (Å²) < 4.78 is 1.15. The maximum atomic E-state index is 11.0. The van der Waals surface area contributed by atoms with Crippen LogP contribution in [0.2, 0.25) is 0 Å². The molecule has 0 bridgehead atoms. The Morgan fingerprint density at radius 1 is 1.26 bits per heavy atom. The van der Waals surface area contributed by atoms with Gasteiger partial charge in [0.25, 0.3) is 0 Å². The number of nitrogens with zero attached hydrogens (tertiary/aromatic N) is 1. The summed E-state index contributed by atoms with van der Waals surface area (Å²) in [5.41, 5.74) is 6.16. The van der Waals surface area contributed by atoms with Gasteiger partial charge in [0.2, 0.25) is 5.91 Å². The molecule has 1 aromatic carbocycles. The van der Waals surface area contributed by atoms with Gasteiger partial charge in [-0.3, -0.25) is 14.5 Å². The summed E-state index contributed by atoms with van der Waals surface area (Å²) in [5.74, 6) is -1.50. The number of carbonyl (C=O) groups excluding carboxylic acids is 1. The smallest absolute Gasteiger partial charge is 0.317 e. The molecule has 0 fully saturated rings. The van der Waals surface area contributed by atoms with Crippen molar-refractivity contribution < 1.29 is 14.7 Å². The number of benzene rings is 1. The Balaban J connectivity index is 2.20.